The third kappa shape index (κ3) is 3.40. The fourth-order valence-corrected chi connectivity index (χ4v) is 3.77. The Morgan fingerprint density at radius 1 is 1.30 bits per heavy atom. The molecule has 0 aliphatic carbocycles. The van der Waals surface area contributed by atoms with Crippen molar-refractivity contribution in [3.05, 3.63) is 59.7 Å². The van der Waals surface area contributed by atoms with Gasteiger partial charge in [-0.05, 0) is 36.2 Å². The van der Waals surface area contributed by atoms with E-state index in [4.69, 9.17) is 0 Å². The average molecular weight is 364 g/mol. The molecule has 7 heteroatoms. The minimum absolute atomic E-state index is 0.0665. The fraction of sp³-hybridized carbons (Fsp3) is 0.300. The predicted octanol–water partition coefficient (Wildman–Crippen LogP) is 2.14. The number of carboxylic acids is 1. The summed E-state index contributed by atoms with van der Waals surface area (Å²) in [5, 5.41) is 9.59. The first-order valence-electron chi connectivity index (χ1n) is 8.87. The predicted molar refractivity (Wildman–Crippen MR) is 99.2 cm³/mol. The molecule has 0 unspecified atom stereocenters. The van der Waals surface area contributed by atoms with E-state index in [1.54, 1.807) is 23.4 Å². The number of amides is 1. The number of nitrogens with zero attached hydrogens (tertiary/aromatic N) is 3. The Bertz CT molecular complexity index is 999. The lowest BCUT2D eigenvalue weighted by Crippen LogP contribution is -2.31. The van der Waals surface area contributed by atoms with Crippen LogP contribution in [-0.4, -0.2) is 49.9 Å². The van der Waals surface area contributed by atoms with E-state index in [1.165, 1.54) is 0 Å². The first kappa shape index (κ1) is 17.2. The zero-order chi connectivity index (χ0) is 19.0. The van der Waals surface area contributed by atoms with Gasteiger partial charge in [-0.1, -0.05) is 12.1 Å². The molecule has 3 aromatic rings. The number of hydrogen-bond donors (Lipinski definition) is 2. The summed E-state index contributed by atoms with van der Waals surface area (Å²) in [6.07, 6.45) is 3.58. The molecule has 1 aliphatic heterocycles. The number of benzene rings is 1. The maximum absolute atomic E-state index is 12.8. The summed E-state index contributed by atoms with van der Waals surface area (Å²) in [5.74, 6) is -0.970. The molecule has 1 amide bonds. The number of aromatic nitrogens is 3. The molecule has 4 rings (SSSR count). The van der Waals surface area contributed by atoms with E-state index in [0.717, 1.165) is 28.0 Å². The molecule has 138 valence electrons. The lowest BCUT2D eigenvalue weighted by molar-refractivity contribution is -0.141. The van der Waals surface area contributed by atoms with E-state index >= 15 is 0 Å². The number of carbonyl (C=O) groups excluding carboxylic acids is 1. The Hall–Kier alpha value is -3.22. The van der Waals surface area contributed by atoms with Gasteiger partial charge in [0.1, 0.15) is 5.82 Å². The molecule has 0 spiro atoms. The van der Waals surface area contributed by atoms with Gasteiger partial charge in [-0.15, -0.1) is 0 Å². The molecule has 7 nitrogen and oxygen atoms in total. The second kappa shape index (κ2) is 6.83. The van der Waals surface area contributed by atoms with Crippen LogP contribution < -0.4 is 0 Å². The number of fused-ring (bicyclic) bond motifs is 1. The highest BCUT2D eigenvalue weighted by Gasteiger charge is 2.40. The number of nitrogens with one attached hydrogen (secondary N) is 1. The summed E-state index contributed by atoms with van der Waals surface area (Å²) >= 11 is 0. The monoisotopic (exact) mass is 364 g/mol. The number of pyridine rings is 1. The Morgan fingerprint density at radius 2 is 2.15 bits per heavy atom. The van der Waals surface area contributed by atoms with Crippen LogP contribution in [-0.2, 0) is 16.0 Å². The normalized spacial score (nSPS) is 19.5. The van der Waals surface area contributed by atoms with Gasteiger partial charge in [-0.2, -0.15) is 0 Å². The van der Waals surface area contributed by atoms with Gasteiger partial charge in [0.15, 0.2) is 0 Å². The summed E-state index contributed by atoms with van der Waals surface area (Å²) < 4.78 is 0. The van der Waals surface area contributed by atoms with Gasteiger partial charge in [0.05, 0.1) is 23.4 Å². The Balaban J connectivity index is 1.52. The standard InChI is InChI=1S/C20H20N4O3/c1-12-22-17-5-4-13(7-18(17)23-12)8-19(25)24-10-15(16(11-24)20(26)27)14-3-2-6-21-9-14/h2-7,9,15-16H,8,10-11H2,1H3,(H,22,23)(H,26,27)/t15-,16+/m1/s1. The van der Waals surface area contributed by atoms with Crippen molar-refractivity contribution in [1.29, 1.82) is 0 Å². The van der Waals surface area contributed by atoms with E-state index in [0.29, 0.717) is 6.54 Å². The second-order valence-electron chi connectivity index (χ2n) is 6.99. The number of carboxylic acid groups (broad SMARTS) is 1. The van der Waals surface area contributed by atoms with Crippen LogP contribution in [0.1, 0.15) is 22.9 Å². The van der Waals surface area contributed by atoms with E-state index in [2.05, 4.69) is 15.0 Å². The molecule has 0 saturated carbocycles. The van der Waals surface area contributed by atoms with Crippen LogP contribution in [0.5, 0.6) is 0 Å². The molecule has 0 bridgehead atoms. The Labute approximate surface area is 156 Å². The third-order valence-electron chi connectivity index (χ3n) is 5.12. The van der Waals surface area contributed by atoms with Gasteiger partial charge in [0.25, 0.3) is 0 Å². The lowest BCUT2D eigenvalue weighted by Gasteiger charge is -2.16. The topological polar surface area (TPSA) is 99.2 Å². The number of aryl methyl sites for hydroxylation is 1. The largest absolute Gasteiger partial charge is 0.481 e. The van der Waals surface area contributed by atoms with Crippen molar-refractivity contribution in [3.63, 3.8) is 0 Å². The first-order chi connectivity index (χ1) is 13.0. The molecular weight excluding hydrogens is 344 g/mol. The lowest BCUT2D eigenvalue weighted by atomic mass is 9.90. The molecular formula is C20H20N4O3. The Kier molecular flexibility index (Phi) is 4.35. The zero-order valence-electron chi connectivity index (χ0n) is 14.9. The smallest absolute Gasteiger partial charge is 0.308 e. The van der Waals surface area contributed by atoms with Crippen LogP contribution in [0.15, 0.2) is 42.7 Å². The van der Waals surface area contributed by atoms with Gasteiger partial charge in [-0.25, -0.2) is 4.98 Å². The van der Waals surface area contributed by atoms with Gasteiger partial charge in [-0.3, -0.25) is 14.6 Å². The van der Waals surface area contributed by atoms with Crippen LogP contribution in [0.2, 0.25) is 0 Å². The molecule has 2 N–H and O–H groups in total. The summed E-state index contributed by atoms with van der Waals surface area (Å²) in [6, 6.07) is 9.38. The quantitative estimate of drug-likeness (QED) is 0.739. The molecule has 27 heavy (non-hydrogen) atoms. The van der Waals surface area contributed by atoms with Gasteiger partial charge in [0.2, 0.25) is 5.91 Å². The van der Waals surface area contributed by atoms with E-state index in [1.807, 2.05) is 31.2 Å². The van der Waals surface area contributed by atoms with E-state index in [9.17, 15) is 14.7 Å². The Morgan fingerprint density at radius 3 is 2.89 bits per heavy atom. The van der Waals surface area contributed by atoms with Crippen molar-refractivity contribution in [2.45, 2.75) is 19.3 Å². The minimum atomic E-state index is -0.881. The van der Waals surface area contributed by atoms with Crippen LogP contribution in [0.25, 0.3) is 11.0 Å². The fourth-order valence-electron chi connectivity index (χ4n) is 3.77. The molecule has 3 heterocycles. The maximum Gasteiger partial charge on any atom is 0.308 e. The van der Waals surface area contributed by atoms with E-state index in [-0.39, 0.29) is 24.8 Å². The van der Waals surface area contributed by atoms with Crippen LogP contribution in [0.4, 0.5) is 0 Å². The number of imidazole rings is 1. The number of rotatable bonds is 4. The molecule has 1 aromatic carbocycles. The summed E-state index contributed by atoms with van der Waals surface area (Å²) in [4.78, 5) is 37.8. The number of H-pyrrole nitrogens is 1. The molecule has 2 aromatic heterocycles. The number of carbonyl (C=O) groups is 2. The van der Waals surface area contributed by atoms with E-state index < -0.39 is 11.9 Å². The highest BCUT2D eigenvalue weighted by molar-refractivity contribution is 5.83. The highest BCUT2D eigenvalue weighted by atomic mass is 16.4. The number of aromatic amines is 1. The van der Waals surface area contributed by atoms with Gasteiger partial charge < -0.3 is 15.0 Å². The molecule has 1 aliphatic rings. The van der Waals surface area contributed by atoms with Crippen molar-refractivity contribution in [2.24, 2.45) is 5.92 Å². The van der Waals surface area contributed by atoms with Crippen molar-refractivity contribution in [1.82, 2.24) is 19.9 Å². The third-order valence-corrected chi connectivity index (χ3v) is 5.12. The second-order valence-corrected chi connectivity index (χ2v) is 6.99. The molecule has 1 saturated heterocycles. The van der Waals surface area contributed by atoms with Crippen molar-refractivity contribution in [3.8, 4) is 0 Å². The van der Waals surface area contributed by atoms with Crippen molar-refractivity contribution in [2.75, 3.05) is 13.1 Å². The van der Waals surface area contributed by atoms with Crippen molar-refractivity contribution < 1.29 is 14.7 Å². The summed E-state index contributed by atoms with van der Waals surface area (Å²) in [5.41, 5.74) is 3.51. The minimum Gasteiger partial charge on any atom is -0.481 e. The number of likely N-dealkylation sites (tertiary alicyclic amines) is 1. The zero-order valence-corrected chi connectivity index (χ0v) is 14.9. The molecule has 2 atom stereocenters. The first-order valence-corrected chi connectivity index (χ1v) is 8.87. The van der Waals surface area contributed by atoms with Crippen LogP contribution in [0, 0.1) is 12.8 Å². The maximum atomic E-state index is 12.8. The SMILES string of the molecule is Cc1nc2ccc(CC(=O)N3C[C@H](C(=O)O)[C@@H](c4cccnc4)C3)cc2[nH]1. The van der Waals surface area contributed by atoms with Crippen LogP contribution >= 0.6 is 0 Å². The van der Waals surface area contributed by atoms with Crippen molar-refractivity contribution >= 4 is 22.9 Å². The average Bonchev–Trinajstić information content (AvgIpc) is 3.25. The van der Waals surface area contributed by atoms with Gasteiger partial charge in [0, 0.05) is 31.4 Å². The highest BCUT2D eigenvalue weighted by Crippen LogP contribution is 2.33. The number of aliphatic carboxylic acids is 1. The van der Waals surface area contributed by atoms with Gasteiger partial charge >= 0.3 is 5.97 Å². The summed E-state index contributed by atoms with van der Waals surface area (Å²) in [6.45, 7) is 2.51. The molecule has 1 fully saturated rings. The molecule has 0 radical (unpaired) electrons. The summed E-state index contributed by atoms with van der Waals surface area (Å²) in [7, 11) is 0. The number of hydrogen-bond acceptors (Lipinski definition) is 4. The van der Waals surface area contributed by atoms with Crippen LogP contribution in [0.3, 0.4) is 0 Å².